The van der Waals surface area contributed by atoms with Gasteiger partial charge in [-0.25, -0.2) is 4.39 Å². The predicted molar refractivity (Wildman–Crippen MR) is 74.3 cm³/mol. The normalized spacial score (nSPS) is 11.8. The van der Waals surface area contributed by atoms with Crippen LogP contribution in [0.2, 0.25) is 0 Å². The Balaban J connectivity index is 2.46. The van der Waals surface area contributed by atoms with Crippen LogP contribution in [0.15, 0.2) is 24.3 Å². The average Bonchev–Trinajstić information content (AvgIpc) is 2.45. The number of halogens is 1. The molecule has 0 aliphatic carbocycles. The van der Waals surface area contributed by atoms with Crippen LogP contribution in [0.1, 0.15) is 10.4 Å². The number of carbonyl (C=O) groups is 2. The van der Waals surface area contributed by atoms with Crippen molar-refractivity contribution in [3.8, 4) is 0 Å². The minimum absolute atomic E-state index is 0.0856. The molecule has 0 fully saturated rings. The number of aliphatic hydroxyl groups excluding tert-OH is 1. The van der Waals surface area contributed by atoms with Crippen molar-refractivity contribution in [3.05, 3.63) is 35.6 Å². The third-order valence-corrected chi connectivity index (χ3v) is 2.79. The van der Waals surface area contributed by atoms with Crippen molar-refractivity contribution in [1.82, 2.24) is 10.2 Å². The van der Waals surface area contributed by atoms with Crippen molar-refractivity contribution in [2.24, 2.45) is 0 Å². The van der Waals surface area contributed by atoms with Crippen LogP contribution < -0.4 is 5.32 Å². The Labute approximate surface area is 122 Å². The van der Waals surface area contributed by atoms with Crippen LogP contribution in [0.25, 0.3) is 0 Å². The van der Waals surface area contributed by atoms with Gasteiger partial charge in [-0.1, -0.05) is 12.1 Å². The first-order valence-corrected chi connectivity index (χ1v) is 6.39. The number of hydrogen-bond donors (Lipinski definition) is 2. The molecule has 1 atom stereocenters. The van der Waals surface area contributed by atoms with Gasteiger partial charge in [0.15, 0.2) is 0 Å². The van der Waals surface area contributed by atoms with Crippen LogP contribution in [0.3, 0.4) is 0 Å². The summed E-state index contributed by atoms with van der Waals surface area (Å²) < 4.78 is 18.1. The molecule has 0 bridgehead atoms. The lowest BCUT2D eigenvalue weighted by atomic mass is 10.2. The van der Waals surface area contributed by atoms with E-state index < -0.39 is 23.7 Å². The smallest absolute Gasteiger partial charge is 0.254 e. The highest BCUT2D eigenvalue weighted by Gasteiger charge is 2.16. The standard InChI is InChI=1S/C14H19FN2O4/c1-17(8-10(18)9-21-2)13(19)7-16-14(20)11-5-3-4-6-12(11)15/h3-6,10,18H,7-9H2,1-2H3,(H,16,20). The first-order valence-electron chi connectivity index (χ1n) is 6.39. The number of aliphatic hydroxyl groups is 1. The summed E-state index contributed by atoms with van der Waals surface area (Å²) in [5.41, 5.74) is -0.118. The third-order valence-electron chi connectivity index (χ3n) is 2.79. The molecule has 0 aliphatic heterocycles. The Bertz CT molecular complexity index is 496. The molecule has 6 nitrogen and oxygen atoms in total. The fourth-order valence-electron chi connectivity index (χ4n) is 1.69. The van der Waals surface area contributed by atoms with Crippen LogP contribution in [0.4, 0.5) is 4.39 Å². The van der Waals surface area contributed by atoms with Gasteiger partial charge in [0.25, 0.3) is 5.91 Å². The fraction of sp³-hybridized carbons (Fsp3) is 0.429. The van der Waals surface area contributed by atoms with Crippen LogP contribution >= 0.6 is 0 Å². The van der Waals surface area contributed by atoms with Crippen molar-refractivity contribution >= 4 is 11.8 Å². The highest BCUT2D eigenvalue weighted by molar-refractivity contribution is 5.96. The van der Waals surface area contributed by atoms with Crippen LogP contribution in [0, 0.1) is 5.82 Å². The van der Waals surface area contributed by atoms with Crippen LogP contribution in [0.5, 0.6) is 0 Å². The zero-order valence-corrected chi connectivity index (χ0v) is 12.0. The maximum atomic E-state index is 13.4. The first kappa shape index (κ1) is 17.1. The maximum Gasteiger partial charge on any atom is 0.254 e. The van der Waals surface area contributed by atoms with Crippen molar-refractivity contribution in [2.45, 2.75) is 6.10 Å². The Kier molecular flexibility index (Phi) is 6.77. The summed E-state index contributed by atoms with van der Waals surface area (Å²) in [4.78, 5) is 24.8. The lowest BCUT2D eigenvalue weighted by Crippen LogP contribution is -2.42. The number of nitrogens with one attached hydrogen (secondary N) is 1. The van der Waals surface area contributed by atoms with Crippen LogP contribution in [-0.4, -0.2) is 61.8 Å². The molecule has 0 heterocycles. The van der Waals surface area contributed by atoms with Gasteiger partial charge in [-0.15, -0.1) is 0 Å². The van der Waals surface area contributed by atoms with E-state index >= 15 is 0 Å². The minimum atomic E-state index is -0.800. The molecule has 1 aromatic rings. The zero-order valence-electron chi connectivity index (χ0n) is 12.0. The topological polar surface area (TPSA) is 78.9 Å². The molecule has 0 saturated heterocycles. The number of likely N-dealkylation sites (N-methyl/N-ethyl adjacent to an activating group) is 1. The fourth-order valence-corrected chi connectivity index (χ4v) is 1.69. The van der Waals surface area contributed by atoms with E-state index in [1.165, 1.54) is 43.3 Å². The molecule has 0 saturated carbocycles. The van der Waals surface area contributed by atoms with Gasteiger partial charge in [0.1, 0.15) is 5.82 Å². The molecule has 116 valence electrons. The van der Waals surface area contributed by atoms with E-state index in [0.717, 1.165) is 0 Å². The number of amides is 2. The van der Waals surface area contributed by atoms with E-state index in [1.54, 1.807) is 0 Å². The lowest BCUT2D eigenvalue weighted by Gasteiger charge is -2.20. The van der Waals surface area contributed by atoms with Gasteiger partial charge in [0.2, 0.25) is 5.91 Å². The summed E-state index contributed by atoms with van der Waals surface area (Å²) >= 11 is 0. The predicted octanol–water partition coefficient (Wildman–Crippen LogP) is 0.0212. The molecule has 2 amide bonds. The summed E-state index contributed by atoms with van der Waals surface area (Å²) in [7, 11) is 2.94. The molecule has 7 heteroatoms. The second-order valence-corrected chi connectivity index (χ2v) is 4.55. The Morgan fingerprint density at radius 3 is 2.71 bits per heavy atom. The van der Waals surface area contributed by atoms with Gasteiger partial charge < -0.3 is 20.1 Å². The Morgan fingerprint density at radius 1 is 1.43 bits per heavy atom. The number of hydrogen-bond acceptors (Lipinski definition) is 4. The van der Waals surface area contributed by atoms with E-state index in [1.807, 2.05) is 0 Å². The first-order chi connectivity index (χ1) is 9.95. The summed E-state index contributed by atoms with van der Waals surface area (Å²) in [6.45, 7) is -0.0786. The summed E-state index contributed by atoms with van der Waals surface area (Å²) in [5.74, 6) is -1.70. The van der Waals surface area contributed by atoms with Crippen molar-refractivity contribution in [3.63, 3.8) is 0 Å². The Hall–Kier alpha value is -1.99. The minimum Gasteiger partial charge on any atom is -0.389 e. The maximum absolute atomic E-state index is 13.4. The highest BCUT2D eigenvalue weighted by atomic mass is 19.1. The average molecular weight is 298 g/mol. The van der Waals surface area contributed by atoms with Gasteiger partial charge >= 0.3 is 0 Å². The second-order valence-electron chi connectivity index (χ2n) is 4.55. The van der Waals surface area contributed by atoms with E-state index in [4.69, 9.17) is 4.74 Å². The second kappa shape index (κ2) is 8.33. The molecule has 0 aliphatic rings. The van der Waals surface area contributed by atoms with Gasteiger partial charge in [0.05, 0.1) is 24.8 Å². The largest absolute Gasteiger partial charge is 0.389 e. The molecule has 21 heavy (non-hydrogen) atoms. The van der Waals surface area contributed by atoms with E-state index in [0.29, 0.717) is 0 Å². The molecule has 0 aromatic heterocycles. The molecular formula is C14H19FN2O4. The molecule has 1 aromatic carbocycles. The Morgan fingerprint density at radius 2 is 2.10 bits per heavy atom. The highest BCUT2D eigenvalue weighted by Crippen LogP contribution is 2.05. The number of carbonyl (C=O) groups excluding carboxylic acids is 2. The lowest BCUT2D eigenvalue weighted by molar-refractivity contribution is -0.130. The quantitative estimate of drug-likeness (QED) is 0.744. The molecule has 0 spiro atoms. The van der Waals surface area contributed by atoms with E-state index in [-0.39, 0.29) is 25.3 Å². The molecule has 2 N–H and O–H groups in total. The summed E-state index contributed by atoms with van der Waals surface area (Å²) in [6, 6.07) is 5.51. The number of ether oxygens (including phenoxy) is 1. The van der Waals surface area contributed by atoms with Gasteiger partial charge in [-0.2, -0.15) is 0 Å². The van der Waals surface area contributed by atoms with Gasteiger partial charge in [-0.3, -0.25) is 9.59 Å². The number of methoxy groups -OCH3 is 1. The third kappa shape index (κ3) is 5.49. The van der Waals surface area contributed by atoms with E-state index in [9.17, 15) is 19.1 Å². The van der Waals surface area contributed by atoms with Crippen molar-refractivity contribution in [2.75, 3.05) is 33.9 Å². The molecule has 1 unspecified atom stereocenters. The summed E-state index contributed by atoms with van der Waals surface area (Å²) in [5, 5.41) is 11.8. The number of rotatable bonds is 7. The molecule has 1 rings (SSSR count). The molecular weight excluding hydrogens is 279 g/mol. The van der Waals surface area contributed by atoms with Crippen molar-refractivity contribution < 1.29 is 23.8 Å². The van der Waals surface area contributed by atoms with Gasteiger partial charge in [-0.05, 0) is 12.1 Å². The monoisotopic (exact) mass is 298 g/mol. The number of nitrogens with zero attached hydrogens (tertiary/aromatic N) is 1. The summed E-state index contributed by atoms with van der Waals surface area (Å²) in [6.07, 6.45) is -0.800. The molecule has 0 radical (unpaired) electrons. The SMILES string of the molecule is COCC(O)CN(C)C(=O)CNC(=O)c1ccccc1F. The number of benzene rings is 1. The van der Waals surface area contributed by atoms with Crippen LogP contribution in [-0.2, 0) is 9.53 Å². The van der Waals surface area contributed by atoms with Gasteiger partial charge in [0, 0.05) is 20.7 Å². The zero-order chi connectivity index (χ0) is 15.8. The van der Waals surface area contributed by atoms with E-state index in [2.05, 4.69) is 5.32 Å². The van der Waals surface area contributed by atoms with Crippen molar-refractivity contribution in [1.29, 1.82) is 0 Å².